The first-order valence-corrected chi connectivity index (χ1v) is 4.88. The largest absolute Gasteiger partial charge is 0.476 e. The molecule has 4 heteroatoms. The summed E-state index contributed by atoms with van der Waals surface area (Å²) in [6.07, 6.45) is 1.76. The van der Waals surface area contributed by atoms with Crippen LogP contribution in [-0.2, 0) is 6.54 Å². The van der Waals surface area contributed by atoms with Crippen molar-refractivity contribution in [3.63, 3.8) is 0 Å². The fourth-order valence-corrected chi connectivity index (χ4v) is 1.19. The zero-order chi connectivity index (χ0) is 9.80. The average Bonchev–Trinajstić information content (AvgIpc) is 3.03. The standard InChI is InChI=1S/C10H15N3O/c11-7-9-1-2-10(12-8-9)14-6-5-13-3-4-13/h1-2,8H,3-7,11H2. The Morgan fingerprint density at radius 3 is 2.86 bits per heavy atom. The molecule has 1 aromatic rings. The summed E-state index contributed by atoms with van der Waals surface area (Å²) in [5, 5.41) is 0. The molecule has 0 aromatic carbocycles. The van der Waals surface area contributed by atoms with Crippen molar-refractivity contribution in [1.82, 2.24) is 9.88 Å². The van der Waals surface area contributed by atoms with E-state index in [1.54, 1.807) is 6.20 Å². The summed E-state index contributed by atoms with van der Waals surface area (Å²) in [4.78, 5) is 6.46. The zero-order valence-electron chi connectivity index (χ0n) is 8.15. The molecule has 14 heavy (non-hydrogen) atoms. The Balaban J connectivity index is 1.77. The monoisotopic (exact) mass is 193 g/mol. The summed E-state index contributed by atoms with van der Waals surface area (Å²) in [7, 11) is 0. The lowest BCUT2D eigenvalue weighted by Gasteiger charge is -2.05. The van der Waals surface area contributed by atoms with Crippen molar-refractivity contribution in [2.24, 2.45) is 5.73 Å². The Morgan fingerprint density at radius 1 is 1.43 bits per heavy atom. The van der Waals surface area contributed by atoms with Crippen LogP contribution in [0.3, 0.4) is 0 Å². The Bertz CT molecular complexity index is 282. The number of nitrogens with zero attached hydrogens (tertiary/aromatic N) is 2. The normalized spacial score (nSPS) is 15.5. The summed E-state index contributed by atoms with van der Waals surface area (Å²) in [6, 6.07) is 3.81. The second-order valence-electron chi connectivity index (χ2n) is 3.40. The van der Waals surface area contributed by atoms with Gasteiger partial charge in [0, 0.05) is 38.4 Å². The summed E-state index contributed by atoms with van der Waals surface area (Å²) in [6.45, 7) is 4.67. The first kappa shape index (κ1) is 9.43. The maximum Gasteiger partial charge on any atom is 0.213 e. The van der Waals surface area contributed by atoms with Gasteiger partial charge in [-0.05, 0) is 5.56 Å². The van der Waals surface area contributed by atoms with Gasteiger partial charge in [-0.3, -0.25) is 4.90 Å². The van der Waals surface area contributed by atoms with Crippen LogP contribution in [-0.4, -0.2) is 36.1 Å². The first-order valence-electron chi connectivity index (χ1n) is 4.88. The van der Waals surface area contributed by atoms with Crippen molar-refractivity contribution in [2.45, 2.75) is 6.54 Å². The molecule has 4 nitrogen and oxygen atoms in total. The summed E-state index contributed by atoms with van der Waals surface area (Å²) in [5.41, 5.74) is 6.49. The van der Waals surface area contributed by atoms with Gasteiger partial charge in [0.25, 0.3) is 0 Å². The Labute approximate surface area is 83.7 Å². The van der Waals surface area contributed by atoms with E-state index in [9.17, 15) is 0 Å². The molecule has 2 N–H and O–H groups in total. The van der Waals surface area contributed by atoms with Crippen LogP contribution in [0.15, 0.2) is 18.3 Å². The summed E-state index contributed by atoms with van der Waals surface area (Å²) >= 11 is 0. The highest BCUT2D eigenvalue weighted by molar-refractivity contribution is 5.17. The van der Waals surface area contributed by atoms with Gasteiger partial charge in [0.2, 0.25) is 5.88 Å². The van der Waals surface area contributed by atoms with Crippen molar-refractivity contribution < 1.29 is 4.74 Å². The van der Waals surface area contributed by atoms with Crippen molar-refractivity contribution in [1.29, 1.82) is 0 Å². The molecule has 2 rings (SSSR count). The Kier molecular flexibility index (Phi) is 2.96. The van der Waals surface area contributed by atoms with Gasteiger partial charge in [-0.15, -0.1) is 0 Å². The lowest BCUT2D eigenvalue weighted by molar-refractivity contribution is 0.282. The van der Waals surface area contributed by atoms with Crippen molar-refractivity contribution in [3.8, 4) is 5.88 Å². The molecule has 0 radical (unpaired) electrons. The van der Waals surface area contributed by atoms with Crippen LogP contribution in [0.2, 0.25) is 0 Å². The van der Waals surface area contributed by atoms with E-state index in [-0.39, 0.29) is 0 Å². The van der Waals surface area contributed by atoms with E-state index in [1.165, 1.54) is 13.1 Å². The molecule has 1 aliphatic heterocycles. The quantitative estimate of drug-likeness (QED) is 0.680. The van der Waals surface area contributed by atoms with Crippen LogP contribution in [0.25, 0.3) is 0 Å². The molecule has 1 aromatic heterocycles. The van der Waals surface area contributed by atoms with E-state index in [4.69, 9.17) is 10.5 Å². The fraction of sp³-hybridized carbons (Fsp3) is 0.500. The SMILES string of the molecule is NCc1ccc(OCCN2CC2)nc1. The lowest BCUT2D eigenvalue weighted by atomic mass is 10.3. The molecule has 0 unspecified atom stereocenters. The predicted molar refractivity (Wildman–Crippen MR) is 54.1 cm³/mol. The Hall–Kier alpha value is -1.13. The molecule has 1 fully saturated rings. The third-order valence-electron chi connectivity index (χ3n) is 2.23. The average molecular weight is 193 g/mol. The van der Waals surface area contributed by atoms with Gasteiger partial charge in [-0.2, -0.15) is 0 Å². The van der Waals surface area contributed by atoms with Crippen molar-refractivity contribution in [2.75, 3.05) is 26.2 Å². The number of hydrogen-bond donors (Lipinski definition) is 1. The third kappa shape index (κ3) is 2.68. The second-order valence-corrected chi connectivity index (χ2v) is 3.40. The smallest absolute Gasteiger partial charge is 0.213 e. The van der Waals surface area contributed by atoms with Crippen LogP contribution >= 0.6 is 0 Å². The van der Waals surface area contributed by atoms with E-state index in [1.807, 2.05) is 12.1 Å². The van der Waals surface area contributed by atoms with Gasteiger partial charge in [-0.1, -0.05) is 6.07 Å². The fourth-order valence-electron chi connectivity index (χ4n) is 1.19. The van der Waals surface area contributed by atoms with Gasteiger partial charge in [0.1, 0.15) is 6.61 Å². The third-order valence-corrected chi connectivity index (χ3v) is 2.23. The molecule has 2 heterocycles. The molecular weight excluding hydrogens is 178 g/mol. The molecule has 0 atom stereocenters. The number of ether oxygens (including phenoxy) is 1. The number of rotatable bonds is 5. The topological polar surface area (TPSA) is 51.1 Å². The minimum atomic E-state index is 0.529. The number of pyridine rings is 1. The van der Waals surface area contributed by atoms with Crippen molar-refractivity contribution in [3.05, 3.63) is 23.9 Å². The van der Waals surface area contributed by atoms with E-state index in [2.05, 4.69) is 9.88 Å². The van der Waals surface area contributed by atoms with Crippen LogP contribution in [0.4, 0.5) is 0 Å². The first-order chi connectivity index (χ1) is 6.88. The maximum absolute atomic E-state index is 5.46. The molecule has 0 bridgehead atoms. The number of hydrogen-bond acceptors (Lipinski definition) is 4. The van der Waals surface area contributed by atoms with Crippen LogP contribution in [0.5, 0.6) is 5.88 Å². The molecule has 0 aliphatic carbocycles. The summed E-state index contributed by atoms with van der Waals surface area (Å²) < 4.78 is 5.46. The van der Waals surface area contributed by atoms with E-state index in [0.29, 0.717) is 12.4 Å². The van der Waals surface area contributed by atoms with Gasteiger partial charge in [0.15, 0.2) is 0 Å². The second kappa shape index (κ2) is 4.39. The molecule has 0 amide bonds. The van der Waals surface area contributed by atoms with Gasteiger partial charge in [-0.25, -0.2) is 4.98 Å². The van der Waals surface area contributed by atoms with E-state index in [0.717, 1.165) is 18.7 Å². The molecule has 1 saturated heterocycles. The van der Waals surface area contributed by atoms with Gasteiger partial charge >= 0.3 is 0 Å². The van der Waals surface area contributed by atoms with Crippen LogP contribution < -0.4 is 10.5 Å². The maximum atomic E-state index is 5.46. The molecule has 0 spiro atoms. The van der Waals surface area contributed by atoms with Crippen LogP contribution in [0.1, 0.15) is 5.56 Å². The van der Waals surface area contributed by atoms with Crippen LogP contribution in [0, 0.1) is 0 Å². The highest BCUT2D eigenvalue weighted by atomic mass is 16.5. The molecule has 1 aliphatic rings. The van der Waals surface area contributed by atoms with Crippen molar-refractivity contribution >= 4 is 0 Å². The summed E-state index contributed by atoms with van der Waals surface area (Å²) in [5.74, 6) is 0.684. The minimum Gasteiger partial charge on any atom is -0.476 e. The number of aromatic nitrogens is 1. The van der Waals surface area contributed by atoms with Gasteiger partial charge < -0.3 is 10.5 Å². The molecular formula is C10H15N3O. The molecule has 0 saturated carbocycles. The van der Waals surface area contributed by atoms with Gasteiger partial charge in [0.05, 0.1) is 0 Å². The highest BCUT2D eigenvalue weighted by Crippen LogP contribution is 2.08. The van der Waals surface area contributed by atoms with E-state index < -0.39 is 0 Å². The predicted octanol–water partition coefficient (Wildman–Crippen LogP) is 0.235. The lowest BCUT2D eigenvalue weighted by Crippen LogP contribution is -2.11. The molecule has 76 valence electrons. The highest BCUT2D eigenvalue weighted by Gasteiger charge is 2.15. The minimum absolute atomic E-state index is 0.529. The number of nitrogens with two attached hydrogens (primary N) is 1. The Morgan fingerprint density at radius 2 is 2.29 bits per heavy atom. The van der Waals surface area contributed by atoms with E-state index >= 15 is 0 Å². The zero-order valence-corrected chi connectivity index (χ0v) is 8.15.